The van der Waals surface area contributed by atoms with E-state index in [0.29, 0.717) is 17.1 Å². The van der Waals surface area contributed by atoms with Crippen LogP contribution < -0.4 is 15.4 Å². The van der Waals surface area contributed by atoms with E-state index in [1.54, 1.807) is 50.6 Å². The molecule has 0 saturated carbocycles. The van der Waals surface area contributed by atoms with E-state index in [1.165, 1.54) is 17.9 Å². The number of rotatable bonds is 7. The van der Waals surface area contributed by atoms with Gasteiger partial charge in [0.15, 0.2) is 0 Å². The van der Waals surface area contributed by atoms with Gasteiger partial charge in [0, 0.05) is 31.4 Å². The molecule has 0 radical (unpaired) electrons. The number of carbonyl (C=O) groups excluding carboxylic acids is 3. The van der Waals surface area contributed by atoms with E-state index in [9.17, 15) is 14.4 Å². The zero-order valence-electron chi connectivity index (χ0n) is 16.1. The number of nitrogens with one attached hydrogen (secondary N) is 2. The van der Waals surface area contributed by atoms with Gasteiger partial charge in [0.05, 0.1) is 13.7 Å². The maximum atomic E-state index is 12.2. The van der Waals surface area contributed by atoms with Crippen LogP contribution in [0.2, 0.25) is 0 Å². The van der Waals surface area contributed by atoms with Gasteiger partial charge in [-0.2, -0.15) is 0 Å². The van der Waals surface area contributed by atoms with Crippen LogP contribution in [0.4, 0.5) is 11.4 Å². The summed E-state index contributed by atoms with van der Waals surface area (Å²) < 4.78 is 5.14. The minimum absolute atomic E-state index is 0.0886. The number of likely N-dealkylation sites (N-methyl/N-ethyl adjacent to an activating group) is 1. The Balaban J connectivity index is 1.87. The number of anilines is 2. The van der Waals surface area contributed by atoms with Gasteiger partial charge in [0.1, 0.15) is 5.75 Å². The smallest absolute Gasteiger partial charge is 0.246 e. The van der Waals surface area contributed by atoms with E-state index in [-0.39, 0.29) is 24.3 Å². The molecule has 0 aliphatic carbocycles. The van der Waals surface area contributed by atoms with Crippen molar-refractivity contribution >= 4 is 35.2 Å². The van der Waals surface area contributed by atoms with Crippen molar-refractivity contribution in [3.63, 3.8) is 0 Å². The molecule has 0 saturated heterocycles. The average Bonchev–Trinajstić information content (AvgIpc) is 2.67. The lowest BCUT2D eigenvalue weighted by Gasteiger charge is -2.15. The van der Waals surface area contributed by atoms with E-state index in [0.717, 1.165) is 5.56 Å². The molecule has 2 aromatic rings. The molecule has 146 valence electrons. The van der Waals surface area contributed by atoms with E-state index in [2.05, 4.69) is 10.6 Å². The molecule has 0 aromatic heterocycles. The van der Waals surface area contributed by atoms with Crippen molar-refractivity contribution in [3.05, 3.63) is 60.2 Å². The summed E-state index contributed by atoms with van der Waals surface area (Å²) in [5.41, 5.74) is 2.04. The maximum absolute atomic E-state index is 12.2. The summed E-state index contributed by atoms with van der Waals surface area (Å²) in [7, 11) is 3.13. The Hall–Kier alpha value is -3.61. The molecule has 0 bridgehead atoms. The predicted octanol–water partition coefficient (Wildman–Crippen LogP) is 2.76. The van der Waals surface area contributed by atoms with Crippen LogP contribution in [0.25, 0.3) is 6.08 Å². The largest absolute Gasteiger partial charge is 0.497 e. The highest BCUT2D eigenvalue weighted by molar-refractivity contribution is 5.98. The number of carbonyl (C=O) groups is 3. The molecule has 0 atom stereocenters. The van der Waals surface area contributed by atoms with Crippen molar-refractivity contribution in [1.82, 2.24) is 4.90 Å². The summed E-state index contributed by atoms with van der Waals surface area (Å²) in [6, 6.07) is 14.0. The van der Waals surface area contributed by atoms with Gasteiger partial charge in [-0.15, -0.1) is 0 Å². The molecular formula is C21H23N3O4. The van der Waals surface area contributed by atoms with Gasteiger partial charge in [-0.05, 0) is 48.0 Å². The lowest BCUT2D eigenvalue weighted by molar-refractivity contribution is -0.129. The lowest BCUT2D eigenvalue weighted by atomic mass is 10.2. The van der Waals surface area contributed by atoms with Crippen molar-refractivity contribution in [2.75, 3.05) is 31.3 Å². The number of hydrogen-bond acceptors (Lipinski definition) is 4. The van der Waals surface area contributed by atoms with Crippen molar-refractivity contribution in [1.29, 1.82) is 0 Å². The summed E-state index contributed by atoms with van der Waals surface area (Å²) in [4.78, 5) is 36.7. The second-order valence-corrected chi connectivity index (χ2v) is 6.11. The van der Waals surface area contributed by atoms with Crippen molar-refractivity contribution in [2.24, 2.45) is 0 Å². The maximum Gasteiger partial charge on any atom is 0.246 e. The van der Waals surface area contributed by atoms with Gasteiger partial charge in [-0.1, -0.05) is 12.1 Å². The molecule has 7 nitrogen and oxygen atoms in total. The van der Waals surface area contributed by atoms with Gasteiger partial charge in [0.2, 0.25) is 17.7 Å². The van der Waals surface area contributed by atoms with Crippen LogP contribution in [0.3, 0.4) is 0 Å². The Morgan fingerprint density at radius 2 is 1.68 bits per heavy atom. The van der Waals surface area contributed by atoms with Crippen LogP contribution in [0.15, 0.2) is 54.6 Å². The summed E-state index contributed by atoms with van der Waals surface area (Å²) >= 11 is 0. The fourth-order valence-corrected chi connectivity index (χ4v) is 2.37. The predicted molar refractivity (Wildman–Crippen MR) is 109 cm³/mol. The van der Waals surface area contributed by atoms with Crippen molar-refractivity contribution in [2.45, 2.75) is 6.92 Å². The van der Waals surface area contributed by atoms with Crippen molar-refractivity contribution < 1.29 is 19.1 Å². The van der Waals surface area contributed by atoms with E-state index in [4.69, 9.17) is 4.74 Å². The molecule has 2 rings (SSSR count). The van der Waals surface area contributed by atoms with Gasteiger partial charge >= 0.3 is 0 Å². The monoisotopic (exact) mass is 381 g/mol. The molecule has 0 unspecified atom stereocenters. The zero-order valence-corrected chi connectivity index (χ0v) is 16.1. The second kappa shape index (κ2) is 9.91. The number of ether oxygens (including phenoxy) is 1. The molecular weight excluding hydrogens is 358 g/mol. The molecule has 2 N–H and O–H groups in total. The van der Waals surface area contributed by atoms with Crippen LogP contribution in [0, 0.1) is 0 Å². The van der Waals surface area contributed by atoms with Crippen LogP contribution in [0.5, 0.6) is 5.75 Å². The number of amides is 3. The third kappa shape index (κ3) is 6.60. The number of benzene rings is 2. The Morgan fingerprint density at radius 1 is 1.04 bits per heavy atom. The summed E-state index contributed by atoms with van der Waals surface area (Å²) in [6.07, 6.45) is 3.07. The Morgan fingerprint density at radius 3 is 2.29 bits per heavy atom. The molecule has 7 heteroatoms. The fourth-order valence-electron chi connectivity index (χ4n) is 2.37. The third-order valence-electron chi connectivity index (χ3n) is 3.76. The van der Waals surface area contributed by atoms with Gasteiger partial charge in [0.25, 0.3) is 0 Å². The highest BCUT2D eigenvalue weighted by atomic mass is 16.5. The Labute approximate surface area is 164 Å². The Kier molecular flexibility index (Phi) is 7.33. The normalized spacial score (nSPS) is 10.4. The molecule has 0 heterocycles. The molecule has 2 aromatic carbocycles. The topological polar surface area (TPSA) is 87.7 Å². The first-order chi connectivity index (χ1) is 13.4. The number of nitrogens with zero attached hydrogens (tertiary/aromatic N) is 1. The van der Waals surface area contributed by atoms with Gasteiger partial charge in [-0.3, -0.25) is 14.4 Å². The average molecular weight is 381 g/mol. The number of hydrogen-bond donors (Lipinski definition) is 2. The Bertz CT molecular complexity index is 875. The molecule has 0 aliphatic rings. The molecule has 28 heavy (non-hydrogen) atoms. The van der Waals surface area contributed by atoms with E-state index >= 15 is 0 Å². The van der Waals surface area contributed by atoms with E-state index in [1.807, 2.05) is 18.2 Å². The van der Waals surface area contributed by atoms with Crippen LogP contribution in [-0.2, 0) is 14.4 Å². The summed E-state index contributed by atoms with van der Waals surface area (Å²) in [5.74, 6) is -0.0809. The molecule has 0 aliphatic heterocycles. The summed E-state index contributed by atoms with van der Waals surface area (Å²) in [6.45, 7) is 1.33. The zero-order chi connectivity index (χ0) is 20.5. The second-order valence-electron chi connectivity index (χ2n) is 6.11. The summed E-state index contributed by atoms with van der Waals surface area (Å²) in [5, 5.41) is 5.36. The van der Waals surface area contributed by atoms with Crippen molar-refractivity contribution in [3.8, 4) is 5.75 Å². The highest BCUT2D eigenvalue weighted by Gasteiger charge is 2.11. The standard InChI is InChI=1S/C21H23N3O4/c1-15(25)22-17-8-10-18(11-9-17)23-20(26)14-24(2)21(27)12-7-16-5-4-6-19(13-16)28-3/h4-13H,14H2,1-3H3,(H,22,25)(H,23,26)/b12-7+. The minimum atomic E-state index is -0.321. The molecule has 0 spiro atoms. The lowest BCUT2D eigenvalue weighted by Crippen LogP contribution is -2.33. The first-order valence-electron chi connectivity index (χ1n) is 8.62. The van der Waals surface area contributed by atoms with Gasteiger partial charge < -0.3 is 20.3 Å². The first-order valence-corrected chi connectivity index (χ1v) is 8.62. The van der Waals surface area contributed by atoms with Crippen LogP contribution >= 0.6 is 0 Å². The molecule has 3 amide bonds. The quantitative estimate of drug-likeness (QED) is 0.722. The highest BCUT2D eigenvalue weighted by Crippen LogP contribution is 2.14. The first kappa shape index (κ1) is 20.7. The number of methoxy groups -OCH3 is 1. The van der Waals surface area contributed by atoms with Crippen LogP contribution in [-0.4, -0.2) is 43.3 Å². The molecule has 0 fully saturated rings. The SMILES string of the molecule is COc1cccc(/C=C/C(=O)N(C)CC(=O)Nc2ccc(NC(C)=O)cc2)c1. The van der Waals surface area contributed by atoms with E-state index < -0.39 is 0 Å². The fraction of sp³-hybridized carbons (Fsp3) is 0.190. The third-order valence-corrected chi connectivity index (χ3v) is 3.76. The van der Waals surface area contributed by atoms with Gasteiger partial charge in [-0.25, -0.2) is 0 Å². The van der Waals surface area contributed by atoms with Crippen LogP contribution in [0.1, 0.15) is 12.5 Å². The minimum Gasteiger partial charge on any atom is -0.497 e.